The normalized spacial score (nSPS) is 12.6. The van der Waals surface area contributed by atoms with Crippen LogP contribution < -0.4 is 0 Å². The number of halogens is 6. The number of alkyl halides is 3. The maximum atomic E-state index is 14.5. The van der Waals surface area contributed by atoms with Crippen LogP contribution in [-0.2, 0) is 12.6 Å². The third kappa shape index (κ3) is 4.75. The quantitative estimate of drug-likeness (QED) is 0.288. The van der Waals surface area contributed by atoms with Gasteiger partial charge in [-0.1, -0.05) is 55.8 Å². The van der Waals surface area contributed by atoms with E-state index in [-0.39, 0.29) is 0 Å². The summed E-state index contributed by atoms with van der Waals surface area (Å²) in [7, 11) is 0. The zero-order chi connectivity index (χ0) is 21.9. The molecule has 0 spiro atoms. The van der Waals surface area contributed by atoms with Gasteiger partial charge in [-0.15, -0.1) is 0 Å². The van der Waals surface area contributed by atoms with E-state index in [0.29, 0.717) is 17.7 Å². The highest BCUT2D eigenvalue weighted by Crippen LogP contribution is 2.34. The van der Waals surface area contributed by atoms with E-state index in [2.05, 4.69) is 6.92 Å². The summed E-state index contributed by atoms with van der Waals surface area (Å²) >= 11 is 0. The maximum Gasteiger partial charge on any atom is 0.416 e. The van der Waals surface area contributed by atoms with Crippen molar-refractivity contribution in [1.29, 1.82) is 0 Å². The number of hydrogen-bond donors (Lipinski definition) is 0. The summed E-state index contributed by atoms with van der Waals surface area (Å²) in [6.07, 6.45) is -2.67. The molecule has 0 aliphatic rings. The second-order valence-electron chi connectivity index (χ2n) is 6.84. The minimum Gasteiger partial charge on any atom is -0.206 e. The van der Waals surface area contributed by atoms with Crippen LogP contribution in [0, 0.1) is 5.82 Å². The van der Waals surface area contributed by atoms with E-state index < -0.39 is 40.3 Å². The van der Waals surface area contributed by atoms with Crippen LogP contribution in [0.1, 0.15) is 35.6 Å². The Hall–Kier alpha value is -3.02. The lowest BCUT2D eigenvalue weighted by molar-refractivity contribution is -0.137. The first-order chi connectivity index (χ1) is 14.2. The van der Waals surface area contributed by atoms with Crippen LogP contribution in [0.25, 0.3) is 22.8 Å². The van der Waals surface area contributed by atoms with Gasteiger partial charge < -0.3 is 0 Å². The number of rotatable bonds is 5. The largest absolute Gasteiger partial charge is 0.416 e. The highest BCUT2D eigenvalue weighted by Gasteiger charge is 2.30. The van der Waals surface area contributed by atoms with Gasteiger partial charge in [0.25, 0.3) is 0 Å². The van der Waals surface area contributed by atoms with Gasteiger partial charge in [-0.3, -0.25) is 0 Å². The van der Waals surface area contributed by atoms with Gasteiger partial charge in [-0.25, -0.2) is 13.2 Å². The Morgan fingerprint density at radius 1 is 0.767 bits per heavy atom. The Balaban J connectivity index is 1.89. The molecule has 0 unspecified atom stereocenters. The molecule has 0 saturated heterocycles. The van der Waals surface area contributed by atoms with Crippen molar-refractivity contribution in [1.82, 2.24) is 0 Å². The highest BCUT2D eigenvalue weighted by molar-refractivity contribution is 5.84. The summed E-state index contributed by atoms with van der Waals surface area (Å²) < 4.78 is 81.3. The molecule has 3 aromatic rings. The van der Waals surface area contributed by atoms with Crippen molar-refractivity contribution in [2.24, 2.45) is 0 Å². The van der Waals surface area contributed by atoms with Crippen LogP contribution in [0.2, 0.25) is 0 Å². The summed E-state index contributed by atoms with van der Waals surface area (Å²) in [6, 6.07) is 14.1. The molecule has 30 heavy (non-hydrogen) atoms. The average Bonchev–Trinajstić information content (AvgIpc) is 2.73. The summed E-state index contributed by atoms with van der Waals surface area (Å²) in [6.45, 7) is 2.06. The van der Waals surface area contributed by atoms with Gasteiger partial charge in [0.15, 0.2) is 11.7 Å². The van der Waals surface area contributed by atoms with Crippen molar-refractivity contribution in [2.75, 3.05) is 0 Å². The zero-order valence-corrected chi connectivity index (χ0v) is 16.0. The van der Waals surface area contributed by atoms with Gasteiger partial charge in [0.05, 0.1) is 5.56 Å². The van der Waals surface area contributed by atoms with Gasteiger partial charge in [0.1, 0.15) is 5.82 Å². The summed E-state index contributed by atoms with van der Waals surface area (Å²) in [5.41, 5.74) is 0.384. The molecule has 0 fully saturated rings. The van der Waals surface area contributed by atoms with Crippen LogP contribution in [0.4, 0.5) is 26.3 Å². The molecule has 0 aliphatic carbocycles. The second kappa shape index (κ2) is 8.78. The average molecular weight is 420 g/mol. The fourth-order valence-corrected chi connectivity index (χ4v) is 3.08. The lowest BCUT2D eigenvalue weighted by atomic mass is 10.00. The lowest BCUT2D eigenvalue weighted by Gasteiger charge is -2.09. The van der Waals surface area contributed by atoms with Crippen molar-refractivity contribution in [3.63, 3.8) is 0 Å². The van der Waals surface area contributed by atoms with Gasteiger partial charge >= 0.3 is 6.18 Å². The van der Waals surface area contributed by atoms with Crippen molar-refractivity contribution in [3.8, 4) is 11.1 Å². The van der Waals surface area contributed by atoms with Gasteiger partial charge in [0, 0.05) is 11.1 Å². The molecule has 0 bridgehead atoms. The molecular formula is C24H18F6. The van der Waals surface area contributed by atoms with Crippen molar-refractivity contribution < 1.29 is 26.3 Å². The SMILES string of the molecule is CCCc1ccc(-c2ccc(C(F)=C(F)c3ccc(C(F)(F)F)cc3)c(F)c2)cc1. The second-order valence-corrected chi connectivity index (χ2v) is 6.84. The first-order valence-electron chi connectivity index (χ1n) is 9.33. The van der Waals surface area contributed by atoms with E-state index in [4.69, 9.17) is 0 Å². The van der Waals surface area contributed by atoms with E-state index in [1.807, 2.05) is 24.3 Å². The topological polar surface area (TPSA) is 0 Å². The van der Waals surface area contributed by atoms with Crippen LogP contribution in [0.5, 0.6) is 0 Å². The summed E-state index contributed by atoms with van der Waals surface area (Å²) in [4.78, 5) is 0. The standard InChI is InChI=1S/C24H18F6/c1-2-3-15-4-6-16(7-5-15)18-10-13-20(21(25)14-18)23(27)22(26)17-8-11-19(12-9-17)24(28,29)30/h4-14H,2-3H2,1H3. The lowest BCUT2D eigenvalue weighted by Crippen LogP contribution is -2.04. The Morgan fingerprint density at radius 3 is 1.90 bits per heavy atom. The van der Waals surface area contributed by atoms with Crippen molar-refractivity contribution in [2.45, 2.75) is 25.9 Å². The predicted molar refractivity (Wildman–Crippen MR) is 106 cm³/mol. The zero-order valence-electron chi connectivity index (χ0n) is 16.0. The molecule has 0 nitrogen and oxygen atoms in total. The molecule has 0 atom stereocenters. The first kappa shape index (κ1) is 21.7. The Kier molecular flexibility index (Phi) is 6.34. The van der Waals surface area contributed by atoms with Crippen molar-refractivity contribution in [3.05, 3.63) is 94.8 Å². The Labute approximate surface area is 170 Å². The Bertz CT molecular complexity index is 1040. The number of benzene rings is 3. The van der Waals surface area contributed by atoms with Gasteiger partial charge in [-0.2, -0.15) is 13.2 Å². The molecular weight excluding hydrogens is 402 g/mol. The van der Waals surface area contributed by atoms with Crippen LogP contribution in [-0.4, -0.2) is 0 Å². The monoisotopic (exact) mass is 420 g/mol. The predicted octanol–water partition coefficient (Wildman–Crippen LogP) is 8.23. The molecule has 0 amide bonds. The first-order valence-corrected chi connectivity index (χ1v) is 9.33. The number of hydrogen-bond acceptors (Lipinski definition) is 0. The molecule has 0 aliphatic heterocycles. The molecule has 0 N–H and O–H groups in total. The maximum absolute atomic E-state index is 14.5. The molecule has 3 aromatic carbocycles. The summed E-state index contributed by atoms with van der Waals surface area (Å²) in [5.74, 6) is -3.87. The molecule has 0 heterocycles. The van der Waals surface area contributed by atoms with E-state index in [9.17, 15) is 26.3 Å². The molecule has 156 valence electrons. The molecule has 0 aromatic heterocycles. The number of aryl methyl sites for hydroxylation is 1. The van der Waals surface area contributed by atoms with Crippen LogP contribution in [0.15, 0.2) is 66.7 Å². The smallest absolute Gasteiger partial charge is 0.206 e. The Morgan fingerprint density at radius 2 is 1.37 bits per heavy atom. The third-order valence-corrected chi connectivity index (χ3v) is 4.69. The van der Waals surface area contributed by atoms with E-state index in [1.54, 1.807) is 0 Å². The van der Waals surface area contributed by atoms with E-state index in [1.165, 1.54) is 6.07 Å². The fraction of sp³-hybridized carbons (Fsp3) is 0.167. The van der Waals surface area contributed by atoms with Crippen molar-refractivity contribution >= 4 is 11.7 Å². The van der Waals surface area contributed by atoms with E-state index >= 15 is 0 Å². The van der Waals surface area contributed by atoms with Crippen LogP contribution >= 0.6 is 0 Å². The molecule has 0 radical (unpaired) electrons. The molecule has 3 rings (SSSR count). The van der Waals surface area contributed by atoms with Gasteiger partial charge in [-0.05, 0) is 47.4 Å². The van der Waals surface area contributed by atoms with Crippen LogP contribution in [0.3, 0.4) is 0 Å². The summed E-state index contributed by atoms with van der Waals surface area (Å²) in [5, 5.41) is 0. The highest BCUT2D eigenvalue weighted by atomic mass is 19.4. The third-order valence-electron chi connectivity index (χ3n) is 4.69. The minimum atomic E-state index is -4.59. The minimum absolute atomic E-state index is 0.407. The molecule has 0 saturated carbocycles. The fourth-order valence-electron chi connectivity index (χ4n) is 3.08. The van der Waals surface area contributed by atoms with Gasteiger partial charge in [0.2, 0.25) is 0 Å². The molecule has 6 heteroatoms. The van der Waals surface area contributed by atoms with E-state index in [0.717, 1.165) is 48.2 Å².